The molecule has 3 rings (SSSR count). The lowest BCUT2D eigenvalue weighted by Crippen LogP contribution is -2.11. The maximum atomic E-state index is 12.1. The van der Waals surface area contributed by atoms with Crippen LogP contribution in [0, 0.1) is 0 Å². The average molecular weight is 239 g/mol. The number of hydrogen-bond donors (Lipinski definition) is 1. The first kappa shape index (κ1) is 10.4. The summed E-state index contributed by atoms with van der Waals surface area (Å²) in [6.07, 6.45) is 6.34. The summed E-state index contributed by atoms with van der Waals surface area (Å²) in [6.45, 7) is 0. The molecule has 0 aliphatic carbocycles. The fraction of sp³-hybridized carbons (Fsp3) is 0. The van der Waals surface area contributed by atoms with Crippen molar-refractivity contribution in [1.82, 2.24) is 19.8 Å². The number of amides is 1. The van der Waals surface area contributed by atoms with Crippen LogP contribution in [0.15, 0.2) is 49.1 Å². The SMILES string of the molecule is O=C(Nc1cccnc1)c1cnn2ncccc12. The molecule has 0 saturated heterocycles. The number of rotatable bonds is 2. The van der Waals surface area contributed by atoms with Crippen molar-refractivity contribution in [2.24, 2.45) is 0 Å². The van der Waals surface area contributed by atoms with Gasteiger partial charge in [-0.15, -0.1) is 0 Å². The van der Waals surface area contributed by atoms with Gasteiger partial charge in [0.2, 0.25) is 0 Å². The van der Waals surface area contributed by atoms with Gasteiger partial charge in [-0.25, -0.2) is 0 Å². The Morgan fingerprint density at radius 1 is 1.11 bits per heavy atom. The van der Waals surface area contributed by atoms with Gasteiger partial charge in [0.05, 0.1) is 23.6 Å². The molecule has 3 aromatic heterocycles. The van der Waals surface area contributed by atoms with Crippen LogP contribution in [-0.2, 0) is 0 Å². The molecule has 1 N–H and O–H groups in total. The number of fused-ring (bicyclic) bond motifs is 1. The highest BCUT2D eigenvalue weighted by molar-refractivity contribution is 6.08. The van der Waals surface area contributed by atoms with Crippen LogP contribution in [0.3, 0.4) is 0 Å². The normalized spacial score (nSPS) is 10.4. The number of carbonyl (C=O) groups excluding carboxylic acids is 1. The van der Waals surface area contributed by atoms with E-state index in [4.69, 9.17) is 0 Å². The van der Waals surface area contributed by atoms with Crippen molar-refractivity contribution in [2.45, 2.75) is 0 Å². The Labute approximate surface area is 102 Å². The van der Waals surface area contributed by atoms with E-state index in [0.717, 1.165) is 0 Å². The lowest BCUT2D eigenvalue weighted by molar-refractivity contribution is 0.102. The molecule has 6 heteroatoms. The van der Waals surface area contributed by atoms with Crippen molar-refractivity contribution in [3.05, 3.63) is 54.6 Å². The minimum atomic E-state index is -0.231. The van der Waals surface area contributed by atoms with Crippen LogP contribution in [-0.4, -0.2) is 25.7 Å². The first-order valence-electron chi connectivity index (χ1n) is 5.35. The van der Waals surface area contributed by atoms with Gasteiger partial charge >= 0.3 is 0 Å². The van der Waals surface area contributed by atoms with Gasteiger partial charge in [0, 0.05) is 12.4 Å². The molecule has 0 aromatic carbocycles. The third-order valence-corrected chi connectivity index (χ3v) is 2.47. The number of nitrogens with zero attached hydrogens (tertiary/aromatic N) is 4. The summed E-state index contributed by atoms with van der Waals surface area (Å²) < 4.78 is 1.41. The second-order valence-corrected chi connectivity index (χ2v) is 3.65. The lowest BCUT2D eigenvalue weighted by atomic mass is 10.2. The van der Waals surface area contributed by atoms with E-state index in [2.05, 4.69) is 20.5 Å². The van der Waals surface area contributed by atoms with Gasteiger partial charge in [0.1, 0.15) is 5.52 Å². The Kier molecular flexibility index (Phi) is 2.45. The highest BCUT2D eigenvalue weighted by Gasteiger charge is 2.12. The van der Waals surface area contributed by atoms with E-state index in [0.29, 0.717) is 16.8 Å². The van der Waals surface area contributed by atoms with Gasteiger partial charge < -0.3 is 5.32 Å². The molecule has 0 radical (unpaired) electrons. The topological polar surface area (TPSA) is 72.2 Å². The van der Waals surface area contributed by atoms with Crippen molar-refractivity contribution in [1.29, 1.82) is 0 Å². The third kappa shape index (κ3) is 1.80. The van der Waals surface area contributed by atoms with Crippen molar-refractivity contribution in [2.75, 3.05) is 5.32 Å². The first-order valence-corrected chi connectivity index (χ1v) is 5.35. The molecule has 0 spiro atoms. The van der Waals surface area contributed by atoms with Crippen LogP contribution in [0.1, 0.15) is 10.4 Å². The summed E-state index contributed by atoms with van der Waals surface area (Å²) in [5.74, 6) is -0.231. The highest BCUT2D eigenvalue weighted by Crippen LogP contribution is 2.11. The smallest absolute Gasteiger partial charge is 0.259 e. The largest absolute Gasteiger partial charge is 0.320 e. The van der Waals surface area contributed by atoms with Gasteiger partial charge in [0.15, 0.2) is 0 Å². The number of aromatic nitrogens is 4. The quantitative estimate of drug-likeness (QED) is 0.733. The molecule has 0 atom stereocenters. The summed E-state index contributed by atoms with van der Waals surface area (Å²) in [5.41, 5.74) is 1.79. The maximum absolute atomic E-state index is 12.1. The lowest BCUT2D eigenvalue weighted by Gasteiger charge is -2.02. The number of anilines is 1. The Morgan fingerprint density at radius 3 is 2.83 bits per heavy atom. The van der Waals surface area contributed by atoms with E-state index >= 15 is 0 Å². The molecule has 0 aliphatic rings. The Morgan fingerprint density at radius 2 is 2.00 bits per heavy atom. The molecule has 3 heterocycles. The van der Waals surface area contributed by atoms with Gasteiger partial charge in [-0.1, -0.05) is 0 Å². The van der Waals surface area contributed by atoms with E-state index in [1.54, 1.807) is 42.9 Å². The fourth-order valence-electron chi connectivity index (χ4n) is 1.64. The molecule has 0 bridgehead atoms. The molecule has 0 saturated carbocycles. The molecule has 3 aromatic rings. The zero-order valence-corrected chi connectivity index (χ0v) is 9.32. The standard InChI is InChI=1S/C12H9N5O/c18-12(16-9-3-1-5-13-7-9)10-8-15-17-11(10)4-2-6-14-17/h1-8H,(H,16,18). The third-order valence-electron chi connectivity index (χ3n) is 2.47. The van der Waals surface area contributed by atoms with Crippen molar-refractivity contribution in [3.8, 4) is 0 Å². The minimum Gasteiger partial charge on any atom is -0.320 e. The Bertz CT molecular complexity index is 692. The molecule has 1 amide bonds. The van der Waals surface area contributed by atoms with Crippen LogP contribution in [0.5, 0.6) is 0 Å². The van der Waals surface area contributed by atoms with E-state index in [9.17, 15) is 4.79 Å². The zero-order valence-electron chi connectivity index (χ0n) is 9.32. The van der Waals surface area contributed by atoms with E-state index < -0.39 is 0 Å². The van der Waals surface area contributed by atoms with Gasteiger partial charge in [-0.05, 0) is 24.3 Å². The number of nitrogens with one attached hydrogen (secondary N) is 1. The Hall–Kier alpha value is -2.76. The second-order valence-electron chi connectivity index (χ2n) is 3.65. The molecule has 18 heavy (non-hydrogen) atoms. The van der Waals surface area contributed by atoms with Crippen molar-refractivity contribution < 1.29 is 4.79 Å². The fourth-order valence-corrected chi connectivity index (χ4v) is 1.64. The highest BCUT2D eigenvalue weighted by atomic mass is 16.1. The van der Waals surface area contributed by atoms with Crippen LogP contribution in [0.25, 0.3) is 5.52 Å². The molecule has 6 nitrogen and oxygen atoms in total. The Balaban J connectivity index is 1.93. The molecular formula is C12H9N5O. The van der Waals surface area contributed by atoms with Gasteiger partial charge in [0.25, 0.3) is 5.91 Å². The summed E-state index contributed by atoms with van der Waals surface area (Å²) in [7, 11) is 0. The minimum absolute atomic E-state index is 0.231. The predicted octanol–water partition coefficient (Wildman–Crippen LogP) is 1.38. The summed E-state index contributed by atoms with van der Waals surface area (Å²) in [5, 5.41) is 10.8. The number of hydrogen-bond acceptors (Lipinski definition) is 4. The van der Waals surface area contributed by atoms with Gasteiger partial charge in [-0.3, -0.25) is 9.78 Å². The monoisotopic (exact) mass is 239 g/mol. The maximum Gasteiger partial charge on any atom is 0.259 e. The molecular weight excluding hydrogens is 230 g/mol. The van der Waals surface area contributed by atoms with E-state index in [1.807, 2.05) is 0 Å². The van der Waals surface area contributed by atoms with Crippen LogP contribution >= 0.6 is 0 Å². The molecule has 0 aliphatic heterocycles. The second kappa shape index (κ2) is 4.25. The van der Waals surface area contributed by atoms with Crippen molar-refractivity contribution in [3.63, 3.8) is 0 Å². The first-order chi connectivity index (χ1) is 8.84. The molecule has 0 unspecified atom stereocenters. The van der Waals surface area contributed by atoms with Crippen LogP contribution in [0.2, 0.25) is 0 Å². The van der Waals surface area contributed by atoms with Gasteiger partial charge in [-0.2, -0.15) is 14.8 Å². The number of pyridine rings is 1. The van der Waals surface area contributed by atoms with Crippen LogP contribution < -0.4 is 5.32 Å². The summed E-state index contributed by atoms with van der Waals surface area (Å²) >= 11 is 0. The van der Waals surface area contributed by atoms with E-state index in [-0.39, 0.29) is 5.91 Å². The summed E-state index contributed by atoms with van der Waals surface area (Å²) in [4.78, 5) is 16.0. The van der Waals surface area contributed by atoms with E-state index in [1.165, 1.54) is 10.8 Å². The summed E-state index contributed by atoms with van der Waals surface area (Å²) in [6, 6.07) is 7.08. The zero-order chi connectivity index (χ0) is 12.4. The average Bonchev–Trinajstić information content (AvgIpc) is 2.84. The van der Waals surface area contributed by atoms with Crippen LogP contribution in [0.4, 0.5) is 5.69 Å². The number of carbonyl (C=O) groups is 1. The predicted molar refractivity (Wildman–Crippen MR) is 65.2 cm³/mol. The molecule has 0 fully saturated rings. The molecule has 88 valence electrons. The van der Waals surface area contributed by atoms with Crippen molar-refractivity contribution >= 4 is 17.1 Å².